The van der Waals surface area contributed by atoms with Gasteiger partial charge in [-0.2, -0.15) is 5.26 Å². The van der Waals surface area contributed by atoms with Crippen LogP contribution in [0.1, 0.15) is 47.9 Å². The molecule has 1 aromatic carbocycles. The molecule has 1 heterocycles. The third-order valence-electron chi connectivity index (χ3n) is 3.36. The maximum Gasteiger partial charge on any atom is 0.252 e. The quantitative estimate of drug-likeness (QED) is 0.781. The van der Waals surface area contributed by atoms with Gasteiger partial charge in [0.1, 0.15) is 18.9 Å². The SMILES string of the molecule is CC[C@H](C)c1ccc(C(=O)Cn2cnc(C#N)n2)cc1. The van der Waals surface area contributed by atoms with Gasteiger partial charge in [0.2, 0.25) is 0 Å². The number of benzene rings is 1. The summed E-state index contributed by atoms with van der Waals surface area (Å²) in [7, 11) is 0. The Bertz CT molecular complexity index is 637. The van der Waals surface area contributed by atoms with Crippen molar-refractivity contribution in [2.45, 2.75) is 32.7 Å². The Labute approximate surface area is 117 Å². The molecule has 0 fully saturated rings. The molecule has 0 unspecified atom stereocenters. The third kappa shape index (κ3) is 3.09. The molecule has 0 aliphatic rings. The number of Topliss-reactive ketones (excluding diaryl/α,β-unsaturated/α-hetero) is 1. The van der Waals surface area contributed by atoms with E-state index < -0.39 is 0 Å². The van der Waals surface area contributed by atoms with Crippen LogP contribution >= 0.6 is 0 Å². The van der Waals surface area contributed by atoms with Crippen LogP contribution in [-0.2, 0) is 6.54 Å². The fourth-order valence-electron chi connectivity index (χ4n) is 1.89. The fraction of sp³-hybridized carbons (Fsp3) is 0.333. The minimum absolute atomic E-state index is 0.0462. The lowest BCUT2D eigenvalue weighted by molar-refractivity contribution is 0.0967. The van der Waals surface area contributed by atoms with Crippen LogP contribution in [0.25, 0.3) is 0 Å². The second-order valence-electron chi connectivity index (χ2n) is 4.73. The summed E-state index contributed by atoms with van der Waals surface area (Å²) >= 11 is 0. The zero-order chi connectivity index (χ0) is 14.5. The molecule has 0 saturated heterocycles. The van der Waals surface area contributed by atoms with E-state index in [9.17, 15) is 4.79 Å². The summed E-state index contributed by atoms with van der Waals surface area (Å²) in [5, 5.41) is 12.5. The normalized spacial score (nSPS) is 11.8. The summed E-state index contributed by atoms with van der Waals surface area (Å²) in [6, 6.07) is 9.49. The number of carbonyl (C=O) groups is 1. The average Bonchev–Trinajstić information content (AvgIpc) is 2.94. The van der Waals surface area contributed by atoms with Crippen LogP contribution in [0, 0.1) is 11.3 Å². The van der Waals surface area contributed by atoms with E-state index in [4.69, 9.17) is 5.26 Å². The van der Waals surface area contributed by atoms with Gasteiger partial charge in [0.15, 0.2) is 5.78 Å². The fourth-order valence-corrected chi connectivity index (χ4v) is 1.89. The van der Waals surface area contributed by atoms with E-state index in [1.165, 1.54) is 16.6 Å². The first-order valence-electron chi connectivity index (χ1n) is 6.56. The van der Waals surface area contributed by atoms with Gasteiger partial charge in [0, 0.05) is 5.56 Å². The molecule has 2 aromatic rings. The van der Waals surface area contributed by atoms with E-state index in [0.717, 1.165) is 6.42 Å². The van der Waals surface area contributed by atoms with E-state index in [1.807, 2.05) is 30.3 Å². The monoisotopic (exact) mass is 268 g/mol. The van der Waals surface area contributed by atoms with Crippen LogP contribution in [0.15, 0.2) is 30.6 Å². The molecule has 1 atom stereocenters. The van der Waals surface area contributed by atoms with Crippen molar-refractivity contribution in [1.82, 2.24) is 14.8 Å². The molecule has 0 radical (unpaired) electrons. The second-order valence-corrected chi connectivity index (χ2v) is 4.73. The molecular formula is C15H16N4O. The molecular weight excluding hydrogens is 252 g/mol. The number of ketones is 1. The largest absolute Gasteiger partial charge is 0.292 e. The zero-order valence-corrected chi connectivity index (χ0v) is 11.6. The highest BCUT2D eigenvalue weighted by atomic mass is 16.1. The highest BCUT2D eigenvalue weighted by Crippen LogP contribution is 2.19. The Morgan fingerprint density at radius 3 is 2.65 bits per heavy atom. The molecule has 5 heteroatoms. The van der Waals surface area contributed by atoms with Gasteiger partial charge < -0.3 is 0 Å². The lowest BCUT2D eigenvalue weighted by atomic mass is 9.97. The van der Waals surface area contributed by atoms with Gasteiger partial charge in [-0.3, -0.25) is 4.79 Å². The number of hydrogen-bond acceptors (Lipinski definition) is 4. The standard InChI is InChI=1S/C15H16N4O/c1-3-11(2)12-4-6-13(7-5-12)14(20)9-19-10-17-15(8-16)18-19/h4-7,10-11H,3,9H2,1-2H3/t11-/m0/s1. The Morgan fingerprint density at radius 1 is 1.40 bits per heavy atom. The van der Waals surface area contributed by atoms with Crippen LogP contribution in [0.5, 0.6) is 0 Å². The van der Waals surface area contributed by atoms with Gasteiger partial charge in [0.25, 0.3) is 5.82 Å². The third-order valence-corrected chi connectivity index (χ3v) is 3.36. The van der Waals surface area contributed by atoms with E-state index in [1.54, 1.807) is 0 Å². The highest BCUT2D eigenvalue weighted by molar-refractivity contribution is 5.95. The number of hydrogen-bond donors (Lipinski definition) is 0. The molecule has 0 bridgehead atoms. The molecule has 5 nitrogen and oxygen atoms in total. The van der Waals surface area contributed by atoms with E-state index in [2.05, 4.69) is 23.9 Å². The van der Waals surface area contributed by atoms with E-state index in [0.29, 0.717) is 11.5 Å². The van der Waals surface area contributed by atoms with Crippen LogP contribution < -0.4 is 0 Å². The molecule has 0 amide bonds. The van der Waals surface area contributed by atoms with Crippen molar-refractivity contribution in [3.05, 3.63) is 47.5 Å². The van der Waals surface area contributed by atoms with Crippen molar-refractivity contribution in [1.29, 1.82) is 5.26 Å². The molecule has 20 heavy (non-hydrogen) atoms. The van der Waals surface area contributed by atoms with E-state index in [-0.39, 0.29) is 18.2 Å². The summed E-state index contributed by atoms with van der Waals surface area (Å²) in [6.45, 7) is 4.40. The summed E-state index contributed by atoms with van der Waals surface area (Å²) in [4.78, 5) is 15.9. The van der Waals surface area contributed by atoms with Gasteiger partial charge in [-0.05, 0) is 17.9 Å². The van der Waals surface area contributed by atoms with Crippen molar-refractivity contribution in [3.63, 3.8) is 0 Å². The van der Waals surface area contributed by atoms with Gasteiger partial charge in [-0.15, -0.1) is 5.10 Å². The number of nitriles is 1. The van der Waals surface area contributed by atoms with E-state index >= 15 is 0 Å². The first-order chi connectivity index (χ1) is 9.63. The van der Waals surface area contributed by atoms with Crippen molar-refractivity contribution in [2.24, 2.45) is 0 Å². The zero-order valence-electron chi connectivity index (χ0n) is 11.6. The van der Waals surface area contributed by atoms with Gasteiger partial charge >= 0.3 is 0 Å². The van der Waals surface area contributed by atoms with Crippen LogP contribution in [0.2, 0.25) is 0 Å². The Morgan fingerprint density at radius 2 is 2.10 bits per heavy atom. The molecule has 0 spiro atoms. The second kappa shape index (κ2) is 6.11. The highest BCUT2D eigenvalue weighted by Gasteiger charge is 2.10. The van der Waals surface area contributed by atoms with Crippen molar-refractivity contribution < 1.29 is 4.79 Å². The first kappa shape index (κ1) is 13.9. The van der Waals surface area contributed by atoms with Gasteiger partial charge in [-0.1, -0.05) is 38.1 Å². The molecule has 0 aliphatic heterocycles. The molecule has 0 saturated carbocycles. The Kier molecular flexibility index (Phi) is 4.26. The van der Waals surface area contributed by atoms with Crippen molar-refractivity contribution >= 4 is 5.78 Å². The lowest BCUT2D eigenvalue weighted by Crippen LogP contribution is -2.11. The maximum absolute atomic E-state index is 12.1. The minimum atomic E-state index is -0.0462. The van der Waals surface area contributed by atoms with Crippen molar-refractivity contribution in [2.75, 3.05) is 0 Å². The molecule has 102 valence electrons. The predicted molar refractivity (Wildman–Crippen MR) is 74.2 cm³/mol. The first-order valence-corrected chi connectivity index (χ1v) is 6.56. The maximum atomic E-state index is 12.1. The summed E-state index contributed by atoms with van der Waals surface area (Å²) in [5.41, 5.74) is 1.88. The summed E-state index contributed by atoms with van der Waals surface area (Å²) in [6.07, 6.45) is 2.47. The topological polar surface area (TPSA) is 71.6 Å². The van der Waals surface area contributed by atoms with Crippen molar-refractivity contribution in [3.8, 4) is 6.07 Å². The van der Waals surface area contributed by atoms with Gasteiger partial charge in [0.05, 0.1) is 0 Å². The number of nitrogens with zero attached hydrogens (tertiary/aromatic N) is 4. The lowest BCUT2D eigenvalue weighted by Gasteiger charge is -2.09. The molecule has 2 rings (SSSR count). The minimum Gasteiger partial charge on any atom is -0.292 e. The van der Waals surface area contributed by atoms with Crippen LogP contribution in [-0.4, -0.2) is 20.5 Å². The summed E-state index contributed by atoms with van der Waals surface area (Å²) < 4.78 is 1.38. The number of aromatic nitrogens is 3. The Balaban J connectivity index is 2.07. The number of carbonyl (C=O) groups excluding carboxylic acids is 1. The molecule has 0 N–H and O–H groups in total. The Hall–Kier alpha value is -2.48. The van der Waals surface area contributed by atoms with Crippen LogP contribution in [0.3, 0.4) is 0 Å². The molecule has 0 aliphatic carbocycles. The number of rotatable bonds is 5. The predicted octanol–water partition coefficient (Wildman–Crippen LogP) is 2.55. The smallest absolute Gasteiger partial charge is 0.252 e. The molecule has 1 aromatic heterocycles. The summed E-state index contributed by atoms with van der Waals surface area (Å²) in [5.74, 6) is 0.521. The van der Waals surface area contributed by atoms with Crippen LogP contribution in [0.4, 0.5) is 0 Å². The average molecular weight is 268 g/mol. The van der Waals surface area contributed by atoms with Gasteiger partial charge in [-0.25, -0.2) is 9.67 Å².